The Bertz CT molecular complexity index is 2750. The van der Waals surface area contributed by atoms with Gasteiger partial charge in [-0.1, -0.05) is 37.4 Å². The molecule has 6 N–H and O–H groups in total. The number of hydrogen-bond donors (Lipinski definition) is 5. The fourth-order valence-electron chi connectivity index (χ4n) is 6.77. The van der Waals surface area contributed by atoms with Gasteiger partial charge in [0.15, 0.2) is 5.82 Å². The van der Waals surface area contributed by atoms with Crippen molar-refractivity contribution in [3.8, 4) is 23.0 Å². The quantitative estimate of drug-likeness (QED) is 0.0471. The van der Waals surface area contributed by atoms with Crippen LogP contribution in [0.3, 0.4) is 0 Å². The van der Waals surface area contributed by atoms with E-state index in [9.17, 15) is 72.1 Å². The van der Waals surface area contributed by atoms with E-state index in [4.69, 9.17) is 17.3 Å². The largest absolute Gasteiger partial charge is 0.431 e. The molecule has 0 aliphatic heterocycles. The molecule has 0 bridgehead atoms. The van der Waals surface area contributed by atoms with E-state index in [-0.39, 0.29) is 57.0 Å². The highest BCUT2D eigenvalue weighted by Crippen LogP contribution is 2.43. The number of aromatic nitrogens is 3. The van der Waals surface area contributed by atoms with Crippen LogP contribution in [0.5, 0.6) is 0 Å². The molecule has 2 heterocycles. The number of amides is 3. The molecule has 5 rings (SSSR count). The number of halogens is 11. The van der Waals surface area contributed by atoms with Crippen LogP contribution >= 0.6 is 11.6 Å². The van der Waals surface area contributed by atoms with Gasteiger partial charge >= 0.3 is 18.4 Å². The van der Waals surface area contributed by atoms with Gasteiger partial charge in [-0.3, -0.25) is 18.7 Å². The molecule has 3 atom stereocenters. The molecule has 27 heteroatoms. The molecule has 3 unspecified atom stereocenters. The summed E-state index contributed by atoms with van der Waals surface area (Å²) >= 11 is 6.58. The Labute approximate surface area is 417 Å². The molecular weight excluding hydrogens is 1040 g/mol. The van der Waals surface area contributed by atoms with Crippen molar-refractivity contribution in [1.82, 2.24) is 25.4 Å². The smallest absolute Gasteiger partial charge is 0.394 e. The summed E-state index contributed by atoms with van der Waals surface area (Å²) < 4.78 is 159. The summed E-state index contributed by atoms with van der Waals surface area (Å²) in [6.45, 7) is 5.54. The fraction of sp³-hybridized carbons (Fsp3) is 0.444. The van der Waals surface area contributed by atoms with Gasteiger partial charge in [0, 0.05) is 59.0 Å². The van der Waals surface area contributed by atoms with Crippen LogP contribution in [0, 0.1) is 23.5 Å². The highest BCUT2D eigenvalue weighted by Gasteiger charge is 2.48. The van der Waals surface area contributed by atoms with Crippen LogP contribution in [0.4, 0.5) is 54.5 Å². The first-order valence-electron chi connectivity index (χ1n) is 21.4. The van der Waals surface area contributed by atoms with E-state index in [1.807, 2.05) is 13.8 Å². The fourth-order valence-corrected chi connectivity index (χ4v) is 7.86. The normalized spacial score (nSPS) is 16.1. The Balaban J connectivity index is 0.000000641. The van der Waals surface area contributed by atoms with Crippen molar-refractivity contribution < 1.29 is 72.1 Å². The average molecular weight is 1090 g/mol. The second-order valence-electron chi connectivity index (χ2n) is 15.7. The van der Waals surface area contributed by atoms with Gasteiger partial charge in [-0.05, 0) is 75.4 Å². The number of nitrogens with two attached hydrogens (primary N) is 1. The summed E-state index contributed by atoms with van der Waals surface area (Å²) in [5.74, 6) is -0.00652. The number of carbonyl (C=O) groups is 2. The number of aliphatic imine (C=N–C) groups is 1. The van der Waals surface area contributed by atoms with Crippen molar-refractivity contribution in [2.45, 2.75) is 95.5 Å². The number of allylic oxidation sites excluding steroid dienone is 2. The van der Waals surface area contributed by atoms with Crippen molar-refractivity contribution in [1.29, 1.82) is 0 Å². The molecule has 72 heavy (non-hydrogen) atoms. The minimum Gasteiger partial charge on any atom is -0.394 e. The molecule has 1 aliphatic rings. The SMILES string of the molecule is CC.CCN=C1/C(=C(\N)C(F)(F)F)CCC1(F)F.CS(=O)N(C(=O)NC(CO)CO)c1nn(CC(F)(F)F)c2c(-c3ccc(C#CC(C)(C)S(C)=O)nc3C(Cc3cc(F)cc(F)c3)NC=O)ccc(Cl)c12. The molecule has 0 saturated heterocycles. The van der Waals surface area contributed by atoms with Crippen LogP contribution in [0.2, 0.25) is 5.02 Å². The first-order chi connectivity index (χ1) is 33.5. The van der Waals surface area contributed by atoms with E-state index >= 15 is 0 Å². The molecule has 1 saturated carbocycles. The van der Waals surface area contributed by atoms with Crippen LogP contribution in [-0.2, 0) is 39.5 Å². The van der Waals surface area contributed by atoms with Crippen molar-refractivity contribution >= 4 is 68.3 Å². The van der Waals surface area contributed by atoms with Crippen LogP contribution in [-0.4, -0.2) is 113 Å². The summed E-state index contributed by atoms with van der Waals surface area (Å²) in [4.78, 5) is 33.3. The summed E-state index contributed by atoms with van der Waals surface area (Å²) in [6.07, 6.45) is -8.21. The maximum absolute atomic E-state index is 14.3. The van der Waals surface area contributed by atoms with E-state index in [2.05, 4.69) is 37.5 Å². The van der Waals surface area contributed by atoms with Gasteiger partial charge in [-0.15, -0.1) is 0 Å². The van der Waals surface area contributed by atoms with Crippen LogP contribution < -0.4 is 20.7 Å². The molecule has 1 aliphatic carbocycles. The number of anilines is 1. The number of rotatable bonds is 14. The Kier molecular flexibility index (Phi) is 21.4. The predicted molar refractivity (Wildman–Crippen MR) is 255 cm³/mol. The third-order valence-electron chi connectivity index (χ3n) is 10.2. The Morgan fingerprint density at radius 3 is 2.14 bits per heavy atom. The molecule has 2 aromatic carbocycles. The van der Waals surface area contributed by atoms with Crippen LogP contribution in [0.1, 0.15) is 70.5 Å². The highest BCUT2D eigenvalue weighted by molar-refractivity contribution is 7.86. The van der Waals surface area contributed by atoms with Gasteiger partial charge in [-0.2, -0.15) is 44.5 Å². The lowest BCUT2D eigenvalue weighted by atomic mass is 9.94. The monoisotopic (exact) mass is 1090 g/mol. The number of benzene rings is 2. The van der Waals surface area contributed by atoms with Crippen LogP contribution in [0.25, 0.3) is 22.0 Å². The van der Waals surface area contributed by atoms with Gasteiger partial charge in [-0.25, -0.2) is 22.8 Å². The number of hydrogen-bond acceptors (Lipinski definition) is 10. The molecule has 2 aromatic heterocycles. The van der Waals surface area contributed by atoms with E-state index in [1.165, 1.54) is 37.4 Å². The van der Waals surface area contributed by atoms with E-state index in [0.29, 0.717) is 21.5 Å². The number of aliphatic hydroxyl groups is 2. The minimum atomic E-state index is -4.90. The first-order valence-corrected chi connectivity index (χ1v) is 24.9. The standard InChI is InChI=1S/C34H34ClF5N6O6S2.C9H11F5N2.C2H6/c1-33(2,53(3)51)10-9-22-5-6-24(29(42-22)27(41-18-49)13-19-11-20(36)14-21(37)12-19)25-7-8-26(35)28-30(25)45(17-34(38,39)40)44-31(28)46(54(4)52)32(50)43-23(15-47)16-48;1-2-16-7-5(3-4-8(7,10)11)6(15)9(12,13)14;1-2/h5-8,11-12,14,18,23,27,47-48H,13,15-17H2,1-4H3,(H,41,49)(H,43,50);2-4,15H2,1H3;1-2H3/b;6-5-,16-7?;. The van der Waals surface area contributed by atoms with E-state index < -0.39 is 130 Å². The number of pyridine rings is 1. The lowest BCUT2D eigenvalue weighted by molar-refractivity contribution is -0.141. The molecule has 4 aromatic rings. The Hall–Kier alpha value is -5.62. The molecule has 3 amide bonds. The third-order valence-corrected chi connectivity index (χ3v) is 12.9. The van der Waals surface area contributed by atoms with Crippen molar-refractivity contribution in [2.24, 2.45) is 10.7 Å². The van der Waals surface area contributed by atoms with E-state index in [0.717, 1.165) is 18.4 Å². The summed E-state index contributed by atoms with van der Waals surface area (Å²) in [7, 11) is -3.70. The van der Waals surface area contributed by atoms with Gasteiger partial charge in [0.1, 0.15) is 51.0 Å². The summed E-state index contributed by atoms with van der Waals surface area (Å²) in [6, 6.07) is 4.55. The first kappa shape index (κ1) is 60.7. The number of urea groups is 1. The molecule has 0 radical (unpaired) electrons. The number of carbonyl (C=O) groups excluding carboxylic acids is 2. The lowest BCUT2D eigenvalue weighted by Crippen LogP contribution is -2.48. The zero-order valence-electron chi connectivity index (χ0n) is 39.5. The lowest BCUT2D eigenvalue weighted by Gasteiger charge is -2.22. The van der Waals surface area contributed by atoms with Gasteiger partial charge in [0.2, 0.25) is 6.41 Å². The van der Waals surface area contributed by atoms with Gasteiger partial charge in [0.25, 0.3) is 5.92 Å². The maximum atomic E-state index is 14.3. The second-order valence-corrected chi connectivity index (χ2v) is 19.3. The molecule has 1 fully saturated rings. The van der Waals surface area contributed by atoms with Crippen molar-refractivity contribution in [3.63, 3.8) is 0 Å². The maximum Gasteiger partial charge on any atom is 0.431 e. The number of alkyl halides is 8. The molecular formula is C45H51ClF10N8O6S2. The average Bonchev–Trinajstić information content (AvgIpc) is 3.79. The summed E-state index contributed by atoms with van der Waals surface area (Å²) in [5, 5.41) is 27.3. The second kappa shape index (κ2) is 25.4. The zero-order valence-corrected chi connectivity index (χ0v) is 41.9. The van der Waals surface area contributed by atoms with E-state index in [1.54, 1.807) is 13.8 Å². The number of nitrogens with one attached hydrogen (secondary N) is 2. The highest BCUT2D eigenvalue weighted by atomic mass is 35.5. The predicted octanol–water partition coefficient (Wildman–Crippen LogP) is 7.97. The number of fused-ring (bicyclic) bond motifs is 1. The zero-order chi connectivity index (χ0) is 54.7. The van der Waals surface area contributed by atoms with Crippen molar-refractivity contribution in [2.75, 3.05) is 36.6 Å². The Morgan fingerprint density at radius 1 is 1.03 bits per heavy atom. The van der Waals surface area contributed by atoms with Gasteiger partial charge < -0.3 is 26.6 Å². The molecule has 0 spiro atoms. The Morgan fingerprint density at radius 2 is 1.62 bits per heavy atom. The van der Waals surface area contributed by atoms with Gasteiger partial charge in [0.05, 0.1) is 46.9 Å². The number of nitrogens with zero attached hydrogens (tertiary/aromatic N) is 5. The minimum absolute atomic E-state index is 0.000436. The topological polar surface area (TPSA) is 205 Å². The molecule has 396 valence electrons. The van der Waals surface area contributed by atoms with Crippen LogP contribution in [0.15, 0.2) is 58.7 Å². The van der Waals surface area contributed by atoms with Crippen molar-refractivity contribution in [3.05, 3.63) is 87.3 Å². The summed E-state index contributed by atoms with van der Waals surface area (Å²) in [5.41, 5.74) is 1.86. The third kappa shape index (κ3) is 15.4. The molecule has 14 nitrogen and oxygen atoms in total. The number of aliphatic hydroxyl groups excluding tert-OH is 2.